The predicted molar refractivity (Wildman–Crippen MR) is 158 cm³/mol. The van der Waals surface area contributed by atoms with E-state index < -0.39 is 23.5 Å². The highest BCUT2D eigenvalue weighted by molar-refractivity contribution is 7.17. The summed E-state index contributed by atoms with van der Waals surface area (Å²) in [6.07, 6.45) is 2.42. The Bertz CT molecular complexity index is 1770. The molecule has 4 heterocycles. The van der Waals surface area contributed by atoms with Crippen LogP contribution in [0.4, 0.5) is 13.2 Å². The van der Waals surface area contributed by atoms with E-state index in [2.05, 4.69) is 5.32 Å². The van der Waals surface area contributed by atoms with Gasteiger partial charge in [0.1, 0.15) is 5.82 Å². The zero-order chi connectivity index (χ0) is 31.0. The lowest BCUT2D eigenvalue weighted by atomic mass is 9.93. The molecule has 1 fully saturated rings. The molecule has 0 radical (unpaired) electrons. The molecule has 0 saturated carbocycles. The number of hydrogen-bond donors (Lipinski definition) is 1. The lowest BCUT2D eigenvalue weighted by Crippen LogP contribution is -2.23. The van der Waals surface area contributed by atoms with Gasteiger partial charge in [-0.15, -0.1) is 11.3 Å². The Hall–Kier alpha value is -4.51. The first-order chi connectivity index (χ1) is 21.2. The van der Waals surface area contributed by atoms with Crippen LogP contribution in [0.2, 0.25) is 0 Å². The molecule has 226 valence electrons. The Morgan fingerprint density at radius 3 is 2.52 bits per heavy atom. The van der Waals surface area contributed by atoms with E-state index in [0.717, 1.165) is 41.9 Å². The second-order valence-electron chi connectivity index (χ2n) is 10.7. The van der Waals surface area contributed by atoms with Gasteiger partial charge in [0, 0.05) is 23.5 Å². The molecule has 2 aromatic carbocycles. The summed E-state index contributed by atoms with van der Waals surface area (Å²) in [6, 6.07) is 12.6. The zero-order valence-electron chi connectivity index (χ0n) is 23.8. The van der Waals surface area contributed by atoms with E-state index in [9.17, 15) is 27.6 Å². The second kappa shape index (κ2) is 12.2. The van der Waals surface area contributed by atoms with Gasteiger partial charge in [0.05, 0.1) is 40.0 Å². The topological polar surface area (TPSA) is 88.6 Å². The first-order valence-corrected chi connectivity index (χ1v) is 15.2. The van der Waals surface area contributed by atoms with Crippen LogP contribution in [0.15, 0.2) is 54.6 Å². The predicted octanol–water partition coefficient (Wildman–Crippen LogP) is 6.41. The van der Waals surface area contributed by atoms with E-state index in [1.807, 2.05) is 0 Å². The Balaban J connectivity index is 1.40. The van der Waals surface area contributed by atoms with E-state index in [-0.39, 0.29) is 36.5 Å². The summed E-state index contributed by atoms with van der Waals surface area (Å²) < 4.78 is 45.9. The van der Waals surface area contributed by atoms with Gasteiger partial charge in [-0.3, -0.25) is 14.6 Å². The number of hydrogen-bond acceptors (Lipinski definition) is 6. The first-order valence-electron chi connectivity index (χ1n) is 14.4. The number of carbonyl (C=O) groups is 3. The molecule has 2 amide bonds. The molecule has 2 aliphatic rings. The van der Waals surface area contributed by atoms with Crippen LogP contribution < -0.4 is 5.32 Å². The minimum atomic E-state index is -1.01. The summed E-state index contributed by atoms with van der Waals surface area (Å²) in [5, 5.41) is 2.71. The number of amides is 2. The van der Waals surface area contributed by atoms with Gasteiger partial charge in [-0.25, -0.2) is 18.0 Å². The molecule has 1 saturated heterocycles. The summed E-state index contributed by atoms with van der Waals surface area (Å²) >= 11 is 1.11. The monoisotopic (exact) mass is 619 g/mol. The van der Waals surface area contributed by atoms with Crippen LogP contribution in [0.3, 0.4) is 0 Å². The van der Waals surface area contributed by atoms with Gasteiger partial charge in [-0.05, 0) is 80.1 Å². The fourth-order valence-corrected chi connectivity index (χ4v) is 6.81. The molecule has 0 aliphatic carbocycles. The van der Waals surface area contributed by atoms with Crippen LogP contribution in [0.25, 0.3) is 10.4 Å². The maximum Gasteiger partial charge on any atom is 0.340 e. The van der Waals surface area contributed by atoms with Crippen molar-refractivity contribution < 1.29 is 32.3 Å². The van der Waals surface area contributed by atoms with Crippen molar-refractivity contribution in [2.24, 2.45) is 0 Å². The van der Waals surface area contributed by atoms with Crippen LogP contribution in [-0.2, 0) is 24.1 Å². The van der Waals surface area contributed by atoms with Gasteiger partial charge < -0.3 is 15.0 Å². The maximum atomic E-state index is 13.7. The van der Waals surface area contributed by atoms with Gasteiger partial charge in [-0.1, -0.05) is 18.2 Å². The first kappa shape index (κ1) is 29.6. The van der Waals surface area contributed by atoms with Crippen LogP contribution in [0.1, 0.15) is 78.7 Å². The lowest BCUT2D eigenvalue weighted by molar-refractivity contribution is 0.0525. The van der Waals surface area contributed by atoms with Crippen molar-refractivity contribution in [1.29, 1.82) is 0 Å². The standard InChI is InChI=1S/C33H28F3N3O4S/c1-2-43-33(42)27-23(12-8-18-5-9-20(34)10-6-18)38-30-24-4-3-15-39(24)32(41)29(30)28(27)25-13-14-26(44-25)31(40)37-17-19-7-11-21(35)22(36)16-19/h5-7,9-11,13-14,16,24H,2-4,8,12,15,17H2,1H3,(H,37,40)/t24-/m0/s1. The van der Waals surface area contributed by atoms with E-state index in [4.69, 9.17) is 9.72 Å². The van der Waals surface area contributed by atoms with Crippen molar-refractivity contribution in [3.63, 3.8) is 0 Å². The van der Waals surface area contributed by atoms with Crippen molar-refractivity contribution in [1.82, 2.24) is 15.2 Å². The number of benzene rings is 2. The van der Waals surface area contributed by atoms with E-state index in [0.29, 0.717) is 57.2 Å². The third kappa shape index (κ3) is 5.59. The summed E-state index contributed by atoms with van der Waals surface area (Å²) in [6.45, 7) is 2.36. The number of halogens is 3. The number of carbonyl (C=O) groups excluding carboxylic acids is 3. The number of nitrogens with zero attached hydrogens (tertiary/aromatic N) is 2. The fraction of sp³-hybridized carbons (Fsp3) is 0.273. The lowest BCUT2D eigenvalue weighted by Gasteiger charge is -2.17. The third-order valence-corrected chi connectivity index (χ3v) is 9.00. The molecule has 4 aromatic rings. The van der Waals surface area contributed by atoms with Crippen LogP contribution in [-0.4, -0.2) is 40.8 Å². The van der Waals surface area contributed by atoms with Gasteiger partial charge in [0.2, 0.25) is 0 Å². The number of pyridine rings is 1. The average Bonchev–Trinajstić information content (AvgIpc) is 3.75. The molecule has 44 heavy (non-hydrogen) atoms. The third-order valence-electron chi connectivity index (χ3n) is 7.90. The minimum absolute atomic E-state index is 0.0232. The fourth-order valence-electron chi connectivity index (χ4n) is 5.83. The Morgan fingerprint density at radius 1 is 1.00 bits per heavy atom. The molecular formula is C33H28F3N3O4S. The molecule has 0 unspecified atom stereocenters. The summed E-state index contributed by atoms with van der Waals surface area (Å²) in [4.78, 5) is 47.9. The molecule has 1 atom stereocenters. The molecule has 0 spiro atoms. The van der Waals surface area contributed by atoms with Crippen LogP contribution >= 0.6 is 11.3 Å². The number of ether oxygens (including phenoxy) is 1. The number of fused-ring (bicyclic) bond motifs is 3. The molecule has 2 aromatic heterocycles. The number of rotatable bonds is 9. The van der Waals surface area contributed by atoms with E-state index in [1.165, 1.54) is 18.2 Å². The van der Waals surface area contributed by atoms with Crippen molar-refractivity contribution in [3.8, 4) is 10.4 Å². The smallest absolute Gasteiger partial charge is 0.340 e. The Kier molecular flexibility index (Phi) is 8.22. The zero-order valence-corrected chi connectivity index (χ0v) is 24.6. The van der Waals surface area contributed by atoms with E-state index >= 15 is 0 Å². The molecule has 1 N–H and O–H groups in total. The number of aryl methyl sites for hydroxylation is 2. The molecule has 6 rings (SSSR count). The normalized spacial score (nSPS) is 15.3. The Labute approximate surface area is 255 Å². The quantitative estimate of drug-likeness (QED) is 0.219. The van der Waals surface area contributed by atoms with Gasteiger partial charge >= 0.3 is 5.97 Å². The van der Waals surface area contributed by atoms with Crippen LogP contribution in [0.5, 0.6) is 0 Å². The van der Waals surface area contributed by atoms with Crippen LogP contribution in [0, 0.1) is 17.5 Å². The molecule has 0 bridgehead atoms. The number of thiophene rings is 1. The molecule has 2 aliphatic heterocycles. The largest absolute Gasteiger partial charge is 0.462 e. The van der Waals surface area contributed by atoms with Gasteiger partial charge in [0.15, 0.2) is 11.6 Å². The molecular weight excluding hydrogens is 591 g/mol. The number of esters is 1. The number of aromatic nitrogens is 1. The van der Waals surface area contributed by atoms with Crippen molar-refractivity contribution in [2.75, 3.05) is 13.2 Å². The van der Waals surface area contributed by atoms with Crippen molar-refractivity contribution in [2.45, 2.75) is 45.2 Å². The summed E-state index contributed by atoms with van der Waals surface area (Å²) in [7, 11) is 0. The maximum absolute atomic E-state index is 13.7. The van der Waals surface area contributed by atoms with Gasteiger partial charge in [-0.2, -0.15) is 0 Å². The highest BCUT2D eigenvalue weighted by atomic mass is 32.1. The summed E-state index contributed by atoms with van der Waals surface area (Å²) in [5.41, 5.74) is 3.26. The second-order valence-corrected chi connectivity index (χ2v) is 11.8. The van der Waals surface area contributed by atoms with Gasteiger partial charge in [0.25, 0.3) is 11.8 Å². The molecule has 7 nitrogen and oxygen atoms in total. The van der Waals surface area contributed by atoms with Crippen molar-refractivity contribution >= 4 is 29.1 Å². The molecule has 11 heteroatoms. The SMILES string of the molecule is CCOC(=O)c1c(CCc2ccc(F)cc2)nc2c(c1-c1ccc(C(=O)NCc3ccc(F)c(F)c3)s1)C(=O)N1CCC[C@@H]21. The number of nitrogens with one attached hydrogen (secondary N) is 1. The highest BCUT2D eigenvalue weighted by Gasteiger charge is 2.45. The summed E-state index contributed by atoms with van der Waals surface area (Å²) in [5.74, 6) is -3.60. The minimum Gasteiger partial charge on any atom is -0.462 e. The average molecular weight is 620 g/mol. The van der Waals surface area contributed by atoms with E-state index in [1.54, 1.807) is 36.1 Å². The van der Waals surface area contributed by atoms with Crippen molar-refractivity contribution in [3.05, 3.63) is 111 Å². The highest BCUT2D eigenvalue weighted by Crippen LogP contribution is 2.47. The Morgan fingerprint density at radius 2 is 1.77 bits per heavy atom.